The van der Waals surface area contributed by atoms with Gasteiger partial charge in [-0.2, -0.15) is 0 Å². The zero-order valence-corrected chi connectivity index (χ0v) is 16.7. The highest BCUT2D eigenvalue weighted by Gasteiger charge is 2.31. The summed E-state index contributed by atoms with van der Waals surface area (Å²) >= 11 is 0. The third kappa shape index (κ3) is 6.80. The van der Waals surface area contributed by atoms with Gasteiger partial charge in [-0.15, -0.1) is 0 Å². The molecule has 0 aromatic rings. The highest BCUT2D eigenvalue weighted by molar-refractivity contribution is 5.79. The summed E-state index contributed by atoms with van der Waals surface area (Å²) in [7, 11) is 0. The Kier molecular flexibility index (Phi) is 8.20. The SMILES string of the molecule is CC(C)CC(=O)N1CN(C(=O)CC(C)C)CN(C(C)CC(C)C)C1. The minimum absolute atomic E-state index is 0.147. The van der Waals surface area contributed by atoms with Gasteiger partial charge in [0.1, 0.15) is 0 Å². The summed E-state index contributed by atoms with van der Waals surface area (Å²) in [4.78, 5) is 31.1. The fraction of sp³-hybridized carbons (Fsp3) is 0.895. The molecule has 1 atom stereocenters. The zero-order valence-electron chi connectivity index (χ0n) is 16.7. The summed E-state index contributed by atoms with van der Waals surface area (Å²) < 4.78 is 0. The Morgan fingerprint density at radius 1 is 0.708 bits per heavy atom. The first kappa shape index (κ1) is 20.9. The van der Waals surface area contributed by atoms with Crippen LogP contribution in [0.25, 0.3) is 0 Å². The van der Waals surface area contributed by atoms with Crippen LogP contribution in [0.4, 0.5) is 0 Å². The van der Waals surface area contributed by atoms with Gasteiger partial charge in [0.25, 0.3) is 0 Å². The van der Waals surface area contributed by atoms with Crippen LogP contribution in [0.2, 0.25) is 0 Å². The Bertz CT molecular complexity index is 391. The summed E-state index contributed by atoms with van der Waals surface area (Å²) in [6, 6.07) is 0.356. The van der Waals surface area contributed by atoms with Crippen molar-refractivity contribution < 1.29 is 9.59 Å². The highest BCUT2D eigenvalue weighted by Crippen LogP contribution is 2.19. The fourth-order valence-corrected chi connectivity index (χ4v) is 3.16. The maximum Gasteiger partial charge on any atom is 0.225 e. The molecule has 24 heavy (non-hydrogen) atoms. The predicted octanol–water partition coefficient (Wildman–Crippen LogP) is 3.36. The average Bonchev–Trinajstić information content (AvgIpc) is 2.44. The van der Waals surface area contributed by atoms with Crippen LogP contribution in [0.5, 0.6) is 0 Å². The van der Waals surface area contributed by atoms with E-state index in [2.05, 4.69) is 53.4 Å². The number of carbonyl (C=O) groups excluding carboxylic acids is 2. The lowest BCUT2D eigenvalue weighted by Gasteiger charge is -2.45. The molecular weight excluding hydrogens is 302 g/mol. The van der Waals surface area contributed by atoms with Crippen LogP contribution in [0.1, 0.15) is 67.7 Å². The lowest BCUT2D eigenvalue weighted by Crippen LogP contribution is -2.60. The largest absolute Gasteiger partial charge is 0.312 e. The summed E-state index contributed by atoms with van der Waals surface area (Å²) in [6.45, 7) is 16.5. The first-order valence-electron chi connectivity index (χ1n) is 9.39. The number of hydrogen-bond acceptors (Lipinski definition) is 3. The molecule has 140 valence electrons. The topological polar surface area (TPSA) is 43.9 Å². The van der Waals surface area contributed by atoms with Gasteiger partial charge in [-0.25, -0.2) is 0 Å². The van der Waals surface area contributed by atoms with Gasteiger partial charge in [0, 0.05) is 18.9 Å². The molecule has 1 heterocycles. The van der Waals surface area contributed by atoms with Crippen molar-refractivity contribution in [1.29, 1.82) is 0 Å². The van der Waals surface area contributed by atoms with Crippen molar-refractivity contribution in [3.63, 3.8) is 0 Å². The van der Waals surface area contributed by atoms with Crippen molar-refractivity contribution >= 4 is 11.8 Å². The second-order valence-electron chi connectivity index (χ2n) is 8.55. The molecule has 1 aliphatic heterocycles. The van der Waals surface area contributed by atoms with Gasteiger partial charge in [0.05, 0.1) is 20.0 Å². The van der Waals surface area contributed by atoms with Crippen LogP contribution >= 0.6 is 0 Å². The molecule has 1 fully saturated rings. The minimum Gasteiger partial charge on any atom is -0.312 e. The predicted molar refractivity (Wildman–Crippen MR) is 98.0 cm³/mol. The fourth-order valence-electron chi connectivity index (χ4n) is 3.16. The molecule has 0 saturated carbocycles. The third-order valence-corrected chi connectivity index (χ3v) is 4.35. The number of carbonyl (C=O) groups is 2. The summed E-state index contributed by atoms with van der Waals surface area (Å²) in [5.74, 6) is 1.56. The standard InChI is InChI=1S/C19H37N3O2/c1-14(2)8-17(7)20-11-21(18(23)9-15(3)4)13-22(12-20)19(24)10-16(5)6/h14-17H,8-13H2,1-7H3. The Morgan fingerprint density at radius 2 is 1.12 bits per heavy atom. The Morgan fingerprint density at radius 3 is 1.46 bits per heavy atom. The number of nitrogens with zero attached hydrogens (tertiary/aromatic N) is 3. The second kappa shape index (κ2) is 9.40. The molecule has 0 spiro atoms. The van der Waals surface area contributed by atoms with Crippen molar-refractivity contribution in [2.24, 2.45) is 17.8 Å². The summed E-state index contributed by atoms with van der Waals surface area (Å²) in [5.41, 5.74) is 0. The molecule has 1 rings (SSSR count). The Balaban J connectivity index is 2.85. The maximum absolute atomic E-state index is 12.6. The molecule has 0 aromatic heterocycles. The Hall–Kier alpha value is -1.10. The second-order valence-corrected chi connectivity index (χ2v) is 8.55. The van der Waals surface area contributed by atoms with Crippen molar-refractivity contribution in [3.05, 3.63) is 0 Å². The van der Waals surface area contributed by atoms with E-state index >= 15 is 0 Å². The van der Waals surface area contributed by atoms with E-state index in [1.807, 2.05) is 9.80 Å². The average molecular weight is 340 g/mol. The first-order valence-corrected chi connectivity index (χ1v) is 9.39. The van der Waals surface area contributed by atoms with E-state index in [1.54, 1.807) is 0 Å². The van der Waals surface area contributed by atoms with Crippen LogP contribution in [0.15, 0.2) is 0 Å². The molecule has 0 aliphatic carbocycles. The van der Waals surface area contributed by atoms with Gasteiger partial charge in [0.15, 0.2) is 0 Å². The first-order chi connectivity index (χ1) is 11.1. The number of hydrogen-bond donors (Lipinski definition) is 0. The molecule has 2 amide bonds. The smallest absolute Gasteiger partial charge is 0.225 e. The van der Waals surface area contributed by atoms with Crippen molar-refractivity contribution in [3.8, 4) is 0 Å². The molecule has 5 nitrogen and oxygen atoms in total. The summed E-state index contributed by atoms with van der Waals surface area (Å²) in [5, 5.41) is 0. The van der Waals surface area contributed by atoms with Gasteiger partial charge in [-0.05, 0) is 31.1 Å². The van der Waals surface area contributed by atoms with Gasteiger partial charge < -0.3 is 9.80 Å². The molecule has 1 saturated heterocycles. The van der Waals surface area contributed by atoms with Crippen LogP contribution in [0.3, 0.4) is 0 Å². The van der Waals surface area contributed by atoms with Crippen LogP contribution in [0, 0.1) is 17.8 Å². The number of amides is 2. The van der Waals surface area contributed by atoms with Crippen molar-refractivity contribution in [2.45, 2.75) is 73.8 Å². The van der Waals surface area contributed by atoms with E-state index < -0.39 is 0 Å². The lowest BCUT2D eigenvalue weighted by atomic mass is 10.0. The number of rotatable bonds is 7. The molecule has 0 N–H and O–H groups in total. The van der Waals surface area contributed by atoms with E-state index in [4.69, 9.17) is 0 Å². The van der Waals surface area contributed by atoms with Gasteiger partial charge >= 0.3 is 0 Å². The normalized spacial score (nSPS) is 17.9. The lowest BCUT2D eigenvalue weighted by molar-refractivity contribution is -0.155. The molecule has 0 bridgehead atoms. The van der Waals surface area contributed by atoms with Gasteiger partial charge in [0.2, 0.25) is 11.8 Å². The van der Waals surface area contributed by atoms with Crippen LogP contribution in [-0.2, 0) is 9.59 Å². The van der Waals surface area contributed by atoms with E-state index in [-0.39, 0.29) is 11.8 Å². The molecule has 1 unspecified atom stereocenters. The van der Waals surface area contributed by atoms with E-state index in [0.29, 0.717) is 56.6 Å². The quantitative estimate of drug-likeness (QED) is 0.714. The van der Waals surface area contributed by atoms with E-state index in [0.717, 1.165) is 6.42 Å². The third-order valence-electron chi connectivity index (χ3n) is 4.35. The monoisotopic (exact) mass is 339 g/mol. The minimum atomic E-state index is 0.147. The molecular formula is C19H37N3O2. The summed E-state index contributed by atoms with van der Waals surface area (Å²) in [6.07, 6.45) is 2.15. The molecule has 0 radical (unpaired) electrons. The highest BCUT2D eigenvalue weighted by atomic mass is 16.2. The van der Waals surface area contributed by atoms with Crippen LogP contribution < -0.4 is 0 Å². The van der Waals surface area contributed by atoms with Crippen LogP contribution in [-0.4, -0.2) is 52.6 Å². The zero-order chi connectivity index (χ0) is 18.4. The molecule has 0 aromatic carbocycles. The maximum atomic E-state index is 12.6. The van der Waals surface area contributed by atoms with Crippen molar-refractivity contribution in [1.82, 2.24) is 14.7 Å². The van der Waals surface area contributed by atoms with Gasteiger partial charge in [-0.1, -0.05) is 41.5 Å². The van der Waals surface area contributed by atoms with E-state index in [1.165, 1.54) is 0 Å². The van der Waals surface area contributed by atoms with E-state index in [9.17, 15) is 9.59 Å². The molecule has 1 aliphatic rings. The van der Waals surface area contributed by atoms with Gasteiger partial charge in [-0.3, -0.25) is 14.5 Å². The Labute approximate surface area is 148 Å². The molecule has 5 heteroatoms. The van der Waals surface area contributed by atoms with Crippen molar-refractivity contribution in [2.75, 3.05) is 20.0 Å².